The van der Waals surface area contributed by atoms with Gasteiger partial charge in [-0.05, 0) is 37.5 Å². The quantitative estimate of drug-likeness (QED) is 0.507. The van der Waals surface area contributed by atoms with Crippen molar-refractivity contribution in [2.75, 3.05) is 31.5 Å². The second kappa shape index (κ2) is 11.2. The lowest BCUT2D eigenvalue weighted by atomic mass is 10.2. The van der Waals surface area contributed by atoms with Gasteiger partial charge in [0.05, 0.1) is 14.2 Å². The van der Waals surface area contributed by atoms with Gasteiger partial charge < -0.3 is 30.6 Å². The van der Waals surface area contributed by atoms with Crippen molar-refractivity contribution in [3.05, 3.63) is 18.2 Å². The van der Waals surface area contributed by atoms with E-state index in [0.717, 1.165) is 0 Å². The van der Waals surface area contributed by atoms with Crippen molar-refractivity contribution in [3.8, 4) is 11.5 Å². The first-order valence-corrected chi connectivity index (χ1v) is 9.50. The Balaban J connectivity index is 2.71. The number of anilines is 1. The molecule has 0 aliphatic heterocycles. The van der Waals surface area contributed by atoms with Crippen LogP contribution in [0.25, 0.3) is 0 Å². The first-order valence-electron chi connectivity index (χ1n) is 8.10. The maximum Gasteiger partial charge on any atom is 0.329 e. The van der Waals surface area contributed by atoms with E-state index in [9.17, 15) is 14.4 Å². The lowest BCUT2D eigenvalue weighted by molar-refractivity contribution is -0.155. The summed E-state index contributed by atoms with van der Waals surface area (Å²) >= 11 is 1.51. The molecule has 0 bridgehead atoms. The predicted molar refractivity (Wildman–Crippen MR) is 103 cm³/mol. The van der Waals surface area contributed by atoms with E-state index in [2.05, 4.69) is 10.6 Å². The summed E-state index contributed by atoms with van der Waals surface area (Å²) in [4.78, 5) is 35.5. The Bertz CT molecular complexity index is 670. The second-order valence-electron chi connectivity index (χ2n) is 5.48. The van der Waals surface area contributed by atoms with Gasteiger partial charge in [-0.1, -0.05) is 0 Å². The number of nitrogens with two attached hydrogens (primary N) is 1. The number of rotatable bonds is 10. The van der Waals surface area contributed by atoms with E-state index in [0.29, 0.717) is 29.4 Å². The largest absolute Gasteiger partial charge is 0.493 e. The Labute approximate surface area is 162 Å². The number of carbonyl (C=O) groups excluding carboxylic acids is 3. The molecule has 1 aromatic carbocycles. The van der Waals surface area contributed by atoms with Crippen LogP contribution in [0.3, 0.4) is 0 Å². The van der Waals surface area contributed by atoms with Crippen molar-refractivity contribution in [2.24, 2.45) is 5.73 Å². The molecule has 1 aromatic rings. The average Bonchev–Trinajstić information content (AvgIpc) is 2.64. The van der Waals surface area contributed by atoms with Crippen molar-refractivity contribution in [1.29, 1.82) is 0 Å². The van der Waals surface area contributed by atoms with Crippen LogP contribution >= 0.6 is 11.8 Å². The second-order valence-corrected chi connectivity index (χ2v) is 6.47. The summed E-state index contributed by atoms with van der Waals surface area (Å²) in [5.41, 5.74) is 5.53. The third-order valence-electron chi connectivity index (χ3n) is 3.52. The van der Waals surface area contributed by atoms with Crippen molar-refractivity contribution in [3.63, 3.8) is 0 Å². The van der Waals surface area contributed by atoms with Gasteiger partial charge in [0.25, 0.3) is 5.91 Å². The molecule has 0 aliphatic rings. The monoisotopic (exact) mass is 399 g/mol. The van der Waals surface area contributed by atoms with E-state index < -0.39 is 30.1 Å². The number of hydrogen-bond acceptors (Lipinski definition) is 7. The molecular formula is C17H25N3O6S. The molecule has 0 unspecified atom stereocenters. The number of benzene rings is 1. The third kappa shape index (κ3) is 7.26. The van der Waals surface area contributed by atoms with Crippen LogP contribution in [-0.4, -0.2) is 56.3 Å². The normalized spacial score (nSPS) is 12.4. The maximum absolute atomic E-state index is 12.3. The Hall–Kier alpha value is -2.62. The van der Waals surface area contributed by atoms with Crippen LogP contribution in [-0.2, 0) is 14.3 Å². The summed E-state index contributed by atoms with van der Waals surface area (Å²) < 4.78 is 15.5. The van der Waals surface area contributed by atoms with Crippen LogP contribution in [0.5, 0.6) is 11.5 Å². The number of thioether (sulfide) groups is 1. The Morgan fingerprint density at radius 2 is 1.85 bits per heavy atom. The molecule has 0 saturated heterocycles. The molecule has 0 spiro atoms. The van der Waals surface area contributed by atoms with E-state index in [1.807, 2.05) is 6.26 Å². The molecular weight excluding hydrogens is 374 g/mol. The molecule has 0 saturated carbocycles. The zero-order valence-electron chi connectivity index (χ0n) is 15.7. The SMILES string of the molecule is COc1ccc(NC(=O)[C@@H](C)OC(=O)[C@H](CCSC)NC(N)=O)cc1OC. The van der Waals surface area contributed by atoms with Gasteiger partial charge in [-0.15, -0.1) is 0 Å². The lowest BCUT2D eigenvalue weighted by Gasteiger charge is -2.19. The first kappa shape index (κ1) is 22.4. The number of ether oxygens (including phenoxy) is 3. The molecule has 0 heterocycles. The van der Waals surface area contributed by atoms with Crippen LogP contribution in [0.1, 0.15) is 13.3 Å². The number of nitrogens with one attached hydrogen (secondary N) is 2. The van der Waals surface area contributed by atoms with E-state index in [1.54, 1.807) is 18.2 Å². The zero-order valence-corrected chi connectivity index (χ0v) is 16.6. The Morgan fingerprint density at radius 3 is 2.41 bits per heavy atom. The van der Waals surface area contributed by atoms with Crippen molar-refractivity contribution >= 4 is 35.4 Å². The van der Waals surface area contributed by atoms with Crippen molar-refractivity contribution < 1.29 is 28.6 Å². The molecule has 0 fully saturated rings. The summed E-state index contributed by atoms with van der Waals surface area (Å²) in [6.45, 7) is 1.43. The standard InChI is InChI=1S/C17H25N3O6S/c1-10(26-16(22)12(7-8-27-4)20-17(18)23)15(21)19-11-5-6-13(24-2)14(9-11)25-3/h5-6,9-10,12H,7-8H2,1-4H3,(H,19,21)(H3,18,20,23)/t10-,12+/m1/s1. The molecule has 4 N–H and O–H groups in total. The molecule has 2 atom stereocenters. The maximum atomic E-state index is 12.3. The van der Waals surface area contributed by atoms with Gasteiger partial charge in [0.1, 0.15) is 6.04 Å². The highest BCUT2D eigenvalue weighted by Crippen LogP contribution is 2.29. The van der Waals surface area contributed by atoms with E-state index in [-0.39, 0.29) is 0 Å². The summed E-state index contributed by atoms with van der Waals surface area (Å²) in [6.07, 6.45) is 1.13. The molecule has 3 amide bonds. The smallest absolute Gasteiger partial charge is 0.329 e. The van der Waals surface area contributed by atoms with E-state index in [1.165, 1.54) is 32.9 Å². The fourth-order valence-corrected chi connectivity index (χ4v) is 2.60. The van der Waals surface area contributed by atoms with Gasteiger partial charge in [-0.3, -0.25) is 4.79 Å². The fourth-order valence-electron chi connectivity index (χ4n) is 2.12. The molecule has 0 aromatic heterocycles. The Kier molecular flexibility index (Phi) is 9.27. The van der Waals surface area contributed by atoms with Gasteiger partial charge in [-0.2, -0.15) is 11.8 Å². The number of hydrogen-bond donors (Lipinski definition) is 3. The molecule has 9 nitrogen and oxygen atoms in total. The summed E-state index contributed by atoms with van der Waals surface area (Å²) in [7, 11) is 2.99. The molecule has 27 heavy (non-hydrogen) atoms. The number of primary amides is 1. The average molecular weight is 399 g/mol. The summed E-state index contributed by atoms with van der Waals surface area (Å²) in [5, 5.41) is 4.95. The third-order valence-corrected chi connectivity index (χ3v) is 4.17. The minimum Gasteiger partial charge on any atom is -0.493 e. The fraction of sp³-hybridized carbons (Fsp3) is 0.471. The molecule has 0 radical (unpaired) electrons. The van der Waals surface area contributed by atoms with Gasteiger partial charge in [0.2, 0.25) is 0 Å². The highest BCUT2D eigenvalue weighted by molar-refractivity contribution is 7.98. The van der Waals surface area contributed by atoms with Crippen LogP contribution in [0.15, 0.2) is 18.2 Å². The van der Waals surface area contributed by atoms with Gasteiger partial charge in [0.15, 0.2) is 17.6 Å². The number of methoxy groups -OCH3 is 2. The number of amides is 3. The predicted octanol–water partition coefficient (Wildman–Crippen LogP) is 1.36. The highest BCUT2D eigenvalue weighted by Gasteiger charge is 2.25. The van der Waals surface area contributed by atoms with Crippen LogP contribution in [0.2, 0.25) is 0 Å². The molecule has 10 heteroatoms. The minimum atomic E-state index is -1.07. The molecule has 150 valence electrons. The zero-order chi connectivity index (χ0) is 20.4. The number of carbonyl (C=O) groups is 3. The minimum absolute atomic E-state index is 0.340. The van der Waals surface area contributed by atoms with Gasteiger partial charge in [-0.25, -0.2) is 9.59 Å². The van der Waals surface area contributed by atoms with E-state index >= 15 is 0 Å². The number of esters is 1. The van der Waals surface area contributed by atoms with Crippen LogP contribution < -0.4 is 25.8 Å². The summed E-state index contributed by atoms with van der Waals surface area (Å²) in [5.74, 6) is 0.328. The van der Waals surface area contributed by atoms with Gasteiger partial charge >= 0.3 is 12.0 Å². The van der Waals surface area contributed by atoms with Gasteiger partial charge in [0, 0.05) is 11.8 Å². The topological polar surface area (TPSA) is 129 Å². The Morgan fingerprint density at radius 1 is 1.19 bits per heavy atom. The van der Waals surface area contributed by atoms with Crippen LogP contribution in [0, 0.1) is 0 Å². The highest BCUT2D eigenvalue weighted by atomic mass is 32.2. The van der Waals surface area contributed by atoms with Crippen molar-refractivity contribution in [1.82, 2.24) is 5.32 Å². The number of urea groups is 1. The lowest BCUT2D eigenvalue weighted by Crippen LogP contribution is -2.46. The van der Waals surface area contributed by atoms with Crippen LogP contribution in [0.4, 0.5) is 10.5 Å². The van der Waals surface area contributed by atoms with Crippen molar-refractivity contribution in [2.45, 2.75) is 25.5 Å². The molecule has 0 aliphatic carbocycles. The first-order chi connectivity index (χ1) is 12.8. The van der Waals surface area contributed by atoms with E-state index in [4.69, 9.17) is 19.9 Å². The molecule has 1 rings (SSSR count). The summed E-state index contributed by atoms with van der Waals surface area (Å²) in [6, 6.07) is 3.11.